The fraction of sp³-hybridized carbons (Fsp3) is 0.500. The molecular formula is C14H20BrNO2. The van der Waals surface area contributed by atoms with E-state index in [1.54, 1.807) is 0 Å². The van der Waals surface area contributed by atoms with Gasteiger partial charge >= 0.3 is 6.09 Å². The first-order chi connectivity index (χ1) is 8.38. The molecule has 0 radical (unpaired) electrons. The number of unbranched alkanes of at least 4 members (excludes halogenated alkanes) is 1. The number of halogens is 1. The molecule has 0 aliphatic rings. The molecule has 18 heavy (non-hydrogen) atoms. The van der Waals surface area contributed by atoms with Crippen LogP contribution in [0.3, 0.4) is 0 Å². The van der Waals surface area contributed by atoms with Crippen molar-refractivity contribution in [2.24, 2.45) is 0 Å². The van der Waals surface area contributed by atoms with Gasteiger partial charge in [-0.1, -0.05) is 41.8 Å². The fourth-order valence-electron chi connectivity index (χ4n) is 2.06. The summed E-state index contributed by atoms with van der Waals surface area (Å²) in [5.41, 5.74) is 0.306. The van der Waals surface area contributed by atoms with Gasteiger partial charge in [0.1, 0.15) is 0 Å². The van der Waals surface area contributed by atoms with Crippen LogP contribution >= 0.6 is 15.9 Å². The van der Waals surface area contributed by atoms with Gasteiger partial charge in [0.2, 0.25) is 0 Å². The van der Waals surface area contributed by atoms with Crippen molar-refractivity contribution in [1.82, 2.24) is 0 Å². The van der Waals surface area contributed by atoms with E-state index in [0.29, 0.717) is 5.69 Å². The van der Waals surface area contributed by atoms with Crippen molar-refractivity contribution in [2.75, 3.05) is 4.90 Å². The highest BCUT2D eigenvalue weighted by molar-refractivity contribution is 9.10. The molecule has 0 heterocycles. The van der Waals surface area contributed by atoms with Crippen molar-refractivity contribution in [3.63, 3.8) is 0 Å². The fourth-order valence-corrected chi connectivity index (χ4v) is 2.44. The van der Waals surface area contributed by atoms with Crippen LogP contribution in [0.5, 0.6) is 0 Å². The summed E-state index contributed by atoms with van der Waals surface area (Å²) >= 11 is 3.38. The Kier molecular flexibility index (Phi) is 5.20. The predicted octanol–water partition coefficient (Wildman–Crippen LogP) is 4.90. The Morgan fingerprint density at radius 2 is 2.11 bits per heavy atom. The molecule has 0 unspecified atom stereocenters. The molecule has 1 aromatic rings. The van der Waals surface area contributed by atoms with Crippen LogP contribution in [-0.4, -0.2) is 16.7 Å². The zero-order valence-electron chi connectivity index (χ0n) is 11.1. The highest BCUT2D eigenvalue weighted by Gasteiger charge is 2.31. The average Bonchev–Trinajstić information content (AvgIpc) is 2.25. The summed E-state index contributed by atoms with van der Waals surface area (Å²) < 4.78 is 0.887. The second-order valence-electron chi connectivity index (χ2n) is 5.01. The first-order valence-corrected chi connectivity index (χ1v) is 6.96. The lowest BCUT2D eigenvalue weighted by molar-refractivity contribution is 0.193. The molecule has 0 bridgehead atoms. The van der Waals surface area contributed by atoms with E-state index in [-0.39, 0.29) is 0 Å². The number of nitrogens with zero attached hydrogens (tertiary/aromatic N) is 1. The first kappa shape index (κ1) is 15.0. The second kappa shape index (κ2) is 6.23. The number of rotatable bonds is 5. The van der Waals surface area contributed by atoms with Crippen molar-refractivity contribution in [3.8, 4) is 0 Å². The Morgan fingerprint density at radius 3 is 2.61 bits per heavy atom. The number of benzene rings is 1. The topological polar surface area (TPSA) is 40.5 Å². The summed E-state index contributed by atoms with van der Waals surface area (Å²) in [4.78, 5) is 13.0. The highest BCUT2D eigenvalue weighted by Crippen LogP contribution is 2.30. The average molecular weight is 314 g/mol. The normalized spacial score (nSPS) is 11.3. The van der Waals surface area contributed by atoms with E-state index in [1.165, 1.54) is 4.90 Å². The molecule has 0 aliphatic carbocycles. The number of hydrogen-bond donors (Lipinski definition) is 1. The van der Waals surface area contributed by atoms with Crippen LogP contribution in [0.15, 0.2) is 28.7 Å². The van der Waals surface area contributed by atoms with E-state index in [9.17, 15) is 9.90 Å². The van der Waals surface area contributed by atoms with Crippen molar-refractivity contribution in [2.45, 2.75) is 45.6 Å². The Morgan fingerprint density at radius 1 is 1.44 bits per heavy atom. The van der Waals surface area contributed by atoms with Crippen LogP contribution in [0.25, 0.3) is 0 Å². The van der Waals surface area contributed by atoms with Gasteiger partial charge in [0.25, 0.3) is 0 Å². The lowest BCUT2D eigenvalue weighted by Gasteiger charge is -2.36. The van der Waals surface area contributed by atoms with Gasteiger partial charge in [-0.25, -0.2) is 4.79 Å². The zero-order valence-corrected chi connectivity index (χ0v) is 12.7. The second-order valence-corrected chi connectivity index (χ2v) is 5.93. The molecule has 1 amide bonds. The summed E-state index contributed by atoms with van der Waals surface area (Å²) in [6.07, 6.45) is 2.02. The van der Waals surface area contributed by atoms with Crippen LogP contribution in [0.1, 0.15) is 40.0 Å². The van der Waals surface area contributed by atoms with Crippen molar-refractivity contribution in [3.05, 3.63) is 28.7 Å². The first-order valence-electron chi connectivity index (χ1n) is 6.17. The summed E-state index contributed by atoms with van der Waals surface area (Å²) in [5, 5.41) is 9.46. The minimum Gasteiger partial charge on any atom is -0.465 e. The van der Waals surface area contributed by atoms with Crippen LogP contribution in [-0.2, 0) is 0 Å². The van der Waals surface area contributed by atoms with Crippen LogP contribution < -0.4 is 4.90 Å². The maximum absolute atomic E-state index is 11.5. The molecule has 0 saturated heterocycles. The van der Waals surface area contributed by atoms with Gasteiger partial charge in [0.15, 0.2) is 0 Å². The predicted molar refractivity (Wildman–Crippen MR) is 78.2 cm³/mol. The Hall–Kier alpha value is -1.03. The standard InChI is InChI=1S/C14H20BrNO2/c1-4-5-9-14(2,3)16(13(17)18)12-8-6-7-11(15)10-12/h6-8,10H,4-5,9H2,1-3H3,(H,17,18). The number of carbonyl (C=O) groups is 1. The number of carboxylic acid groups (broad SMARTS) is 1. The minimum atomic E-state index is -0.908. The van der Waals surface area contributed by atoms with Gasteiger partial charge < -0.3 is 5.11 Å². The van der Waals surface area contributed by atoms with Gasteiger partial charge in [-0.2, -0.15) is 0 Å². The van der Waals surface area contributed by atoms with Gasteiger partial charge in [-0.15, -0.1) is 0 Å². The summed E-state index contributed by atoms with van der Waals surface area (Å²) in [6.45, 7) is 6.05. The van der Waals surface area contributed by atoms with E-state index < -0.39 is 11.6 Å². The van der Waals surface area contributed by atoms with Gasteiger partial charge in [0.05, 0.1) is 0 Å². The molecule has 3 nitrogen and oxygen atoms in total. The number of amides is 1. The van der Waals surface area contributed by atoms with E-state index in [2.05, 4.69) is 22.9 Å². The quantitative estimate of drug-likeness (QED) is 0.839. The van der Waals surface area contributed by atoms with E-state index >= 15 is 0 Å². The third-order valence-corrected chi connectivity index (χ3v) is 3.50. The molecule has 1 aromatic carbocycles. The minimum absolute atomic E-state index is 0.400. The molecule has 1 N–H and O–H groups in total. The molecule has 0 spiro atoms. The third kappa shape index (κ3) is 3.73. The SMILES string of the molecule is CCCCC(C)(C)N(C(=O)O)c1cccc(Br)c1. The summed E-state index contributed by atoms with van der Waals surface area (Å²) in [6, 6.07) is 7.40. The smallest absolute Gasteiger partial charge is 0.412 e. The Bertz CT molecular complexity index is 418. The van der Waals surface area contributed by atoms with Gasteiger partial charge in [-0.05, 0) is 38.5 Å². The highest BCUT2D eigenvalue weighted by atomic mass is 79.9. The maximum Gasteiger partial charge on any atom is 0.412 e. The van der Waals surface area contributed by atoms with Crippen LogP contribution in [0.2, 0.25) is 0 Å². The van der Waals surface area contributed by atoms with Crippen molar-refractivity contribution >= 4 is 27.7 Å². The van der Waals surface area contributed by atoms with E-state index in [4.69, 9.17) is 0 Å². The molecule has 0 atom stereocenters. The molecule has 100 valence electrons. The maximum atomic E-state index is 11.5. The van der Waals surface area contributed by atoms with Gasteiger partial charge in [0, 0.05) is 15.7 Å². The Labute approximate surface area is 117 Å². The number of hydrogen-bond acceptors (Lipinski definition) is 1. The zero-order chi connectivity index (χ0) is 13.8. The van der Waals surface area contributed by atoms with E-state index in [0.717, 1.165) is 23.7 Å². The summed E-state index contributed by atoms with van der Waals surface area (Å²) in [5.74, 6) is 0. The van der Waals surface area contributed by atoms with Crippen molar-refractivity contribution < 1.29 is 9.90 Å². The monoisotopic (exact) mass is 313 g/mol. The molecule has 0 fully saturated rings. The van der Waals surface area contributed by atoms with Crippen LogP contribution in [0.4, 0.5) is 10.5 Å². The summed E-state index contributed by atoms with van der Waals surface area (Å²) in [7, 11) is 0. The number of anilines is 1. The largest absolute Gasteiger partial charge is 0.465 e. The van der Waals surface area contributed by atoms with E-state index in [1.807, 2.05) is 38.1 Å². The molecule has 4 heteroatoms. The lowest BCUT2D eigenvalue weighted by Crippen LogP contribution is -2.47. The lowest BCUT2D eigenvalue weighted by atomic mass is 9.95. The Balaban J connectivity index is 3.06. The molecular weight excluding hydrogens is 294 g/mol. The van der Waals surface area contributed by atoms with Crippen LogP contribution in [0, 0.1) is 0 Å². The molecule has 1 rings (SSSR count). The van der Waals surface area contributed by atoms with Crippen molar-refractivity contribution in [1.29, 1.82) is 0 Å². The van der Waals surface area contributed by atoms with Gasteiger partial charge in [-0.3, -0.25) is 4.90 Å². The molecule has 0 aromatic heterocycles. The molecule has 0 aliphatic heterocycles. The third-order valence-electron chi connectivity index (χ3n) is 3.01. The molecule has 0 saturated carbocycles.